The van der Waals surface area contributed by atoms with Gasteiger partial charge in [-0.05, 0) is 31.5 Å². The first-order valence-electron chi connectivity index (χ1n) is 7.13. The highest BCUT2D eigenvalue weighted by molar-refractivity contribution is 7.99. The fourth-order valence-electron chi connectivity index (χ4n) is 1.90. The highest BCUT2D eigenvalue weighted by atomic mass is 32.2. The molecule has 0 spiro atoms. The standard InChI is InChI=1S/C15H24N2O3S2/c1-10(2)21-14-8-6-13(7-9-14)11(3)16-15(18)12(4)17-22(5,19)20/h6-12,17H,1-5H3,(H,16,18)/t11-,12-/m0/s1. The van der Waals surface area contributed by atoms with E-state index in [1.807, 2.05) is 31.2 Å². The second-order valence-corrected chi connectivity index (χ2v) is 9.01. The van der Waals surface area contributed by atoms with Gasteiger partial charge < -0.3 is 5.32 Å². The van der Waals surface area contributed by atoms with Crippen molar-refractivity contribution in [3.63, 3.8) is 0 Å². The third-order valence-electron chi connectivity index (χ3n) is 2.89. The van der Waals surface area contributed by atoms with Crippen LogP contribution in [-0.2, 0) is 14.8 Å². The van der Waals surface area contributed by atoms with Gasteiger partial charge in [0.25, 0.3) is 0 Å². The molecule has 1 rings (SSSR count). The van der Waals surface area contributed by atoms with E-state index < -0.39 is 16.1 Å². The number of sulfonamides is 1. The molecule has 1 aromatic carbocycles. The Morgan fingerprint density at radius 3 is 2.09 bits per heavy atom. The Labute approximate surface area is 137 Å². The lowest BCUT2D eigenvalue weighted by Crippen LogP contribution is -2.45. The van der Waals surface area contributed by atoms with Crippen LogP contribution in [0.2, 0.25) is 0 Å². The zero-order chi connectivity index (χ0) is 16.9. The van der Waals surface area contributed by atoms with E-state index in [-0.39, 0.29) is 11.9 Å². The van der Waals surface area contributed by atoms with Crippen LogP contribution in [0.1, 0.15) is 39.3 Å². The summed E-state index contributed by atoms with van der Waals surface area (Å²) in [5.41, 5.74) is 0.980. The van der Waals surface area contributed by atoms with E-state index in [9.17, 15) is 13.2 Å². The van der Waals surface area contributed by atoms with Crippen LogP contribution < -0.4 is 10.0 Å². The topological polar surface area (TPSA) is 75.3 Å². The van der Waals surface area contributed by atoms with Crippen LogP contribution in [0.5, 0.6) is 0 Å². The number of amides is 1. The molecular weight excluding hydrogens is 320 g/mol. The average molecular weight is 345 g/mol. The Bertz CT molecular complexity index is 598. The molecule has 124 valence electrons. The predicted molar refractivity (Wildman–Crippen MR) is 91.4 cm³/mol. The van der Waals surface area contributed by atoms with Gasteiger partial charge >= 0.3 is 0 Å². The minimum Gasteiger partial charge on any atom is -0.348 e. The Hall–Kier alpha value is -1.05. The fraction of sp³-hybridized carbons (Fsp3) is 0.533. The Kier molecular flexibility index (Phi) is 6.90. The van der Waals surface area contributed by atoms with Gasteiger partial charge in [-0.15, -0.1) is 11.8 Å². The number of rotatable bonds is 7. The summed E-state index contributed by atoms with van der Waals surface area (Å²) < 4.78 is 24.5. The quantitative estimate of drug-likeness (QED) is 0.744. The molecule has 0 aliphatic rings. The van der Waals surface area contributed by atoms with Crippen molar-refractivity contribution in [3.05, 3.63) is 29.8 Å². The second kappa shape index (κ2) is 7.99. The highest BCUT2D eigenvalue weighted by Gasteiger charge is 2.19. The number of hydrogen-bond donors (Lipinski definition) is 2. The van der Waals surface area contributed by atoms with Crippen molar-refractivity contribution in [2.75, 3.05) is 6.26 Å². The Balaban J connectivity index is 2.64. The molecule has 0 heterocycles. The number of thioether (sulfide) groups is 1. The van der Waals surface area contributed by atoms with Gasteiger partial charge in [0.1, 0.15) is 0 Å². The van der Waals surface area contributed by atoms with Gasteiger partial charge in [-0.3, -0.25) is 4.79 Å². The van der Waals surface area contributed by atoms with Gasteiger partial charge in [0.05, 0.1) is 18.3 Å². The van der Waals surface area contributed by atoms with Crippen molar-refractivity contribution >= 4 is 27.7 Å². The van der Waals surface area contributed by atoms with Crippen LogP contribution in [0.4, 0.5) is 0 Å². The van der Waals surface area contributed by atoms with Crippen molar-refractivity contribution in [1.29, 1.82) is 0 Å². The van der Waals surface area contributed by atoms with Crippen LogP contribution in [0.15, 0.2) is 29.2 Å². The molecule has 0 radical (unpaired) electrons. The molecule has 22 heavy (non-hydrogen) atoms. The fourth-order valence-corrected chi connectivity index (χ4v) is 3.49. The van der Waals surface area contributed by atoms with Gasteiger partial charge in [0.15, 0.2) is 0 Å². The van der Waals surface area contributed by atoms with Gasteiger partial charge in [-0.2, -0.15) is 0 Å². The molecule has 0 unspecified atom stereocenters. The first-order chi connectivity index (χ1) is 10.1. The first kappa shape index (κ1) is 19.0. The first-order valence-corrected chi connectivity index (χ1v) is 9.90. The molecule has 0 aromatic heterocycles. The highest BCUT2D eigenvalue weighted by Crippen LogP contribution is 2.24. The van der Waals surface area contributed by atoms with Crippen LogP contribution in [0, 0.1) is 0 Å². The molecule has 0 saturated carbocycles. The van der Waals surface area contributed by atoms with Crippen molar-refractivity contribution in [2.45, 2.75) is 49.9 Å². The van der Waals surface area contributed by atoms with E-state index >= 15 is 0 Å². The molecular formula is C15H24N2O3S2. The largest absolute Gasteiger partial charge is 0.348 e. The SMILES string of the molecule is CC(C)Sc1ccc([C@H](C)NC(=O)[C@H](C)NS(C)(=O)=O)cc1. The van der Waals surface area contributed by atoms with Gasteiger partial charge in [-0.1, -0.05) is 26.0 Å². The van der Waals surface area contributed by atoms with E-state index in [1.165, 1.54) is 11.8 Å². The summed E-state index contributed by atoms with van der Waals surface area (Å²) in [7, 11) is -3.40. The van der Waals surface area contributed by atoms with Crippen LogP contribution >= 0.6 is 11.8 Å². The maximum Gasteiger partial charge on any atom is 0.238 e. The van der Waals surface area contributed by atoms with E-state index in [0.29, 0.717) is 5.25 Å². The lowest BCUT2D eigenvalue weighted by molar-refractivity contribution is -0.123. The summed E-state index contributed by atoms with van der Waals surface area (Å²) in [5, 5.41) is 3.33. The third kappa shape index (κ3) is 6.81. The number of carbonyl (C=O) groups is 1. The van der Waals surface area contributed by atoms with Crippen LogP contribution in [0.3, 0.4) is 0 Å². The summed E-state index contributed by atoms with van der Waals surface area (Å²) >= 11 is 1.78. The lowest BCUT2D eigenvalue weighted by atomic mass is 10.1. The molecule has 2 atom stereocenters. The Morgan fingerprint density at radius 1 is 1.09 bits per heavy atom. The summed E-state index contributed by atoms with van der Waals surface area (Å²) in [6, 6.07) is 7.03. The minimum atomic E-state index is -3.40. The van der Waals surface area contributed by atoms with Gasteiger partial charge in [-0.25, -0.2) is 13.1 Å². The minimum absolute atomic E-state index is 0.186. The molecule has 1 amide bonds. The molecule has 0 aliphatic carbocycles. The Morgan fingerprint density at radius 2 is 1.64 bits per heavy atom. The summed E-state index contributed by atoms with van der Waals surface area (Å²) in [6.45, 7) is 7.66. The van der Waals surface area contributed by atoms with Crippen LogP contribution in [0.25, 0.3) is 0 Å². The number of benzene rings is 1. The molecule has 5 nitrogen and oxygen atoms in total. The monoisotopic (exact) mass is 344 g/mol. The van der Waals surface area contributed by atoms with Crippen LogP contribution in [-0.4, -0.2) is 31.9 Å². The summed E-state index contributed by atoms with van der Waals surface area (Å²) in [5.74, 6) is -0.349. The van der Waals surface area contributed by atoms with Crippen molar-refractivity contribution in [1.82, 2.24) is 10.0 Å². The van der Waals surface area contributed by atoms with Crippen molar-refractivity contribution in [3.8, 4) is 0 Å². The lowest BCUT2D eigenvalue weighted by Gasteiger charge is -2.18. The number of hydrogen-bond acceptors (Lipinski definition) is 4. The molecule has 7 heteroatoms. The zero-order valence-electron chi connectivity index (χ0n) is 13.6. The molecule has 0 saturated heterocycles. The van der Waals surface area contributed by atoms with E-state index in [4.69, 9.17) is 0 Å². The zero-order valence-corrected chi connectivity index (χ0v) is 15.2. The molecule has 0 fully saturated rings. The second-order valence-electron chi connectivity index (χ2n) is 5.58. The maximum absolute atomic E-state index is 12.0. The smallest absolute Gasteiger partial charge is 0.238 e. The molecule has 0 bridgehead atoms. The molecule has 1 aromatic rings. The number of carbonyl (C=O) groups excluding carboxylic acids is 1. The summed E-state index contributed by atoms with van der Waals surface area (Å²) in [4.78, 5) is 13.2. The van der Waals surface area contributed by atoms with Crippen molar-refractivity contribution in [2.24, 2.45) is 0 Å². The number of nitrogens with one attached hydrogen (secondary N) is 2. The van der Waals surface area contributed by atoms with E-state index in [2.05, 4.69) is 23.9 Å². The van der Waals surface area contributed by atoms with E-state index in [1.54, 1.807) is 11.8 Å². The average Bonchev–Trinajstić information content (AvgIpc) is 2.36. The van der Waals surface area contributed by atoms with E-state index in [0.717, 1.165) is 11.8 Å². The van der Waals surface area contributed by atoms with Crippen molar-refractivity contribution < 1.29 is 13.2 Å². The predicted octanol–water partition coefficient (Wildman–Crippen LogP) is 2.30. The summed E-state index contributed by atoms with van der Waals surface area (Å²) in [6.07, 6.45) is 1.03. The molecule has 0 aliphatic heterocycles. The maximum atomic E-state index is 12.0. The third-order valence-corrected chi connectivity index (χ3v) is 4.69. The van der Waals surface area contributed by atoms with Gasteiger partial charge in [0.2, 0.25) is 15.9 Å². The molecule has 2 N–H and O–H groups in total. The van der Waals surface area contributed by atoms with Gasteiger partial charge in [0, 0.05) is 10.1 Å². The normalized spacial score (nSPS) is 14.6.